The number of hydrogen-bond donors (Lipinski definition) is 2. The number of carbonyl (C=O) groups is 1. The summed E-state index contributed by atoms with van der Waals surface area (Å²) < 4.78 is 1.98. The van der Waals surface area contributed by atoms with Gasteiger partial charge in [-0.3, -0.25) is 0 Å². The van der Waals surface area contributed by atoms with Gasteiger partial charge in [-0.05, 0) is 53.9 Å². The van der Waals surface area contributed by atoms with Crippen LogP contribution in [0.2, 0.25) is 5.15 Å². The smallest absolute Gasteiger partial charge is 0.331 e. The van der Waals surface area contributed by atoms with Crippen molar-refractivity contribution in [3.63, 3.8) is 0 Å². The van der Waals surface area contributed by atoms with E-state index in [1.165, 1.54) is 5.56 Å². The standard InChI is InChI=1S/C27H29ClN2O3/c1-2-6-25-29-26(28)24(17-31)30(25)16-18-9-11-20(12-10-18)22-14-13-21(15-23(22)27(32)33)19-7-4-3-5-8-19/h3-5,7-12,21,31H,2,6,13-17H2,1H3,(H,32,33). The van der Waals surface area contributed by atoms with E-state index in [2.05, 4.69) is 24.0 Å². The first-order chi connectivity index (χ1) is 16.0. The summed E-state index contributed by atoms with van der Waals surface area (Å²) in [5, 5.41) is 20.0. The van der Waals surface area contributed by atoms with Gasteiger partial charge in [0.05, 0.1) is 12.3 Å². The number of aliphatic hydroxyl groups is 1. The summed E-state index contributed by atoms with van der Waals surface area (Å²) in [5.74, 6) is 0.269. The van der Waals surface area contributed by atoms with Crippen molar-refractivity contribution in [1.82, 2.24) is 9.55 Å². The van der Waals surface area contributed by atoms with Crippen LogP contribution in [0.3, 0.4) is 0 Å². The lowest BCUT2D eigenvalue weighted by molar-refractivity contribution is -0.132. The van der Waals surface area contributed by atoms with Gasteiger partial charge >= 0.3 is 5.97 Å². The van der Waals surface area contributed by atoms with Crippen LogP contribution in [0.1, 0.15) is 66.7 Å². The Labute approximate surface area is 199 Å². The minimum absolute atomic E-state index is 0.162. The molecule has 1 atom stereocenters. The Kier molecular flexibility index (Phi) is 7.31. The Hall–Kier alpha value is -2.89. The fraction of sp³-hybridized carbons (Fsp3) is 0.333. The quantitative estimate of drug-likeness (QED) is 0.439. The van der Waals surface area contributed by atoms with Gasteiger partial charge in [0.15, 0.2) is 5.15 Å². The molecule has 2 aromatic carbocycles. The van der Waals surface area contributed by atoms with Gasteiger partial charge in [0, 0.05) is 18.5 Å². The van der Waals surface area contributed by atoms with Gasteiger partial charge < -0.3 is 14.8 Å². The molecule has 1 aliphatic rings. The van der Waals surface area contributed by atoms with E-state index in [0.29, 0.717) is 29.4 Å². The summed E-state index contributed by atoms with van der Waals surface area (Å²) in [6.07, 6.45) is 3.95. The highest BCUT2D eigenvalue weighted by Crippen LogP contribution is 2.40. The molecule has 1 heterocycles. The Morgan fingerprint density at radius 1 is 1.15 bits per heavy atom. The summed E-state index contributed by atoms with van der Waals surface area (Å²) in [4.78, 5) is 16.5. The number of aliphatic hydroxyl groups excluding tert-OH is 1. The largest absolute Gasteiger partial charge is 0.478 e. The molecule has 4 rings (SSSR count). The molecule has 1 unspecified atom stereocenters. The van der Waals surface area contributed by atoms with Crippen LogP contribution in [-0.2, 0) is 24.4 Å². The van der Waals surface area contributed by atoms with Crippen LogP contribution in [-0.4, -0.2) is 25.7 Å². The number of carboxylic acids is 1. The second kappa shape index (κ2) is 10.4. The lowest BCUT2D eigenvalue weighted by Gasteiger charge is -2.26. The van der Waals surface area contributed by atoms with E-state index in [4.69, 9.17) is 11.6 Å². The molecule has 1 aliphatic carbocycles. The number of benzene rings is 2. The summed E-state index contributed by atoms with van der Waals surface area (Å²) in [7, 11) is 0. The van der Waals surface area contributed by atoms with Gasteiger partial charge in [0.1, 0.15) is 5.82 Å². The van der Waals surface area contributed by atoms with Crippen molar-refractivity contribution in [1.29, 1.82) is 0 Å². The van der Waals surface area contributed by atoms with Crippen LogP contribution >= 0.6 is 11.6 Å². The maximum Gasteiger partial charge on any atom is 0.331 e. The maximum absolute atomic E-state index is 12.1. The molecule has 3 aromatic rings. The number of hydrogen-bond acceptors (Lipinski definition) is 3. The number of rotatable bonds is 8. The predicted molar refractivity (Wildman–Crippen MR) is 130 cm³/mol. The van der Waals surface area contributed by atoms with Crippen LogP contribution in [0.4, 0.5) is 0 Å². The highest BCUT2D eigenvalue weighted by molar-refractivity contribution is 6.30. The third kappa shape index (κ3) is 5.05. The number of aryl methyl sites for hydroxylation is 1. The molecule has 0 aliphatic heterocycles. The van der Waals surface area contributed by atoms with Crippen LogP contribution in [0.5, 0.6) is 0 Å². The van der Waals surface area contributed by atoms with Crippen molar-refractivity contribution in [2.75, 3.05) is 0 Å². The molecular weight excluding hydrogens is 436 g/mol. The second-order valence-corrected chi connectivity index (χ2v) is 8.93. The van der Waals surface area contributed by atoms with Crippen LogP contribution in [0.15, 0.2) is 60.2 Å². The number of nitrogens with zero attached hydrogens (tertiary/aromatic N) is 2. The number of aromatic nitrogens is 2. The summed E-state index contributed by atoms with van der Waals surface area (Å²) in [6.45, 7) is 2.48. The molecule has 172 valence electrons. The van der Waals surface area contributed by atoms with Crippen molar-refractivity contribution in [2.24, 2.45) is 0 Å². The molecule has 0 radical (unpaired) electrons. The zero-order valence-electron chi connectivity index (χ0n) is 18.8. The van der Waals surface area contributed by atoms with E-state index < -0.39 is 5.97 Å². The molecule has 0 spiro atoms. The van der Waals surface area contributed by atoms with E-state index >= 15 is 0 Å². The minimum atomic E-state index is -0.834. The van der Waals surface area contributed by atoms with Crippen molar-refractivity contribution >= 4 is 23.1 Å². The molecule has 0 saturated heterocycles. The molecule has 5 nitrogen and oxygen atoms in total. The van der Waals surface area contributed by atoms with E-state index in [9.17, 15) is 15.0 Å². The number of imidazole rings is 1. The average Bonchev–Trinajstić information content (AvgIpc) is 3.13. The van der Waals surface area contributed by atoms with E-state index in [1.54, 1.807) is 0 Å². The van der Waals surface area contributed by atoms with Crippen molar-refractivity contribution in [3.05, 3.63) is 93.5 Å². The molecule has 0 saturated carbocycles. The highest BCUT2D eigenvalue weighted by Gasteiger charge is 2.27. The fourth-order valence-corrected chi connectivity index (χ4v) is 5.00. The molecule has 6 heteroatoms. The number of allylic oxidation sites excluding steroid dienone is 1. The first kappa shape index (κ1) is 23.3. The lowest BCUT2D eigenvalue weighted by Crippen LogP contribution is -2.15. The molecule has 0 fully saturated rings. The Morgan fingerprint density at radius 3 is 2.52 bits per heavy atom. The zero-order chi connectivity index (χ0) is 23.4. The van der Waals surface area contributed by atoms with Crippen molar-refractivity contribution in [2.45, 2.75) is 58.1 Å². The molecule has 2 N–H and O–H groups in total. The Morgan fingerprint density at radius 2 is 1.88 bits per heavy atom. The van der Waals surface area contributed by atoms with E-state index in [0.717, 1.165) is 48.2 Å². The summed E-state index contributed by atoms with van der Waals surface area (Å²) in [6, 6.07) is 18.2. The first-order valence-corrected chi connectivity index (χ1v) is 11.8. The zero-order valence-corrected chi connectivity index (χ0v) is 19.6. The number of halogens is 1. The maximum atomic E-state index is 12.1. The fourth-order valence-electron chi connectivity index (χ4n) is 4.74. The Balaban J connectivity index is 1.58. The third-order valence-electron chi connectivity index (χ3n) is 6.46. The molecule has 1 aromatic heterocycles. The third-order valence-corrected chi connectivity index (χ3v) is 6.76. The van der Waals surface area contributed by atoms with Crippen LogP contribution in [0.25, 0.3) is 5.57 Å². The Bertz CT molecular complexity index is 1150. The monoisotopic (exact) mass is 464 g/mol. The van der Waals surface area contributed by atoms with E-state index in [-0.39, 0.29) is 12.5 Å². The minimum Gasteiger partial charge on any atom is -0.478 e. The average molecular weight is 465 g/mol. The lowest BCUT2D eigenvalue weighted by atomic mass is 9.78. The molecular formula is C27H29ClN2O3. The van der Waals surface area contributed by atoms with Gasteiger partial charge in [-0.1, -0.05) is 73.1 Å². The normalized spacial score (nSPS) is 16.3. The topological polar surface area (TPSA) is 75.4 Å². The van der Waals surface area contributed by atoms with Crippen LogP contribution < -0.4 is 0 Å². The highest BCUT2D eigenvalue weighted by atomic mass is 35.5. The van der Waals surface area contributed by atoms with Gasteiger partial charge in [-0.2, -0.15) is 0 Å². The molecule has 33 heavy (non-hydrogen) atoms. The van der Waals surface area contributed by atoms with E-state index in [1.807, 2.05) is 47.0 Å². The van der Waals surface area contributed by atoms with Crippen molar-refractivity contribution in [3.8, 4) is 0 Å². The summed E-state index contributed by atoms with van der Waals surface area (Å²) >= 11 is 6.23. The SMILES string of the molecule is CCCc1nc(Cl)c(CO)n1Cc1ccc(C2=C(C(=O)O)CC(c3ccccc3)CC2)cc1. The summed E-state index contributed by atoms with van der Waals surface area (Å²) in [5.41, 5.74) is 5.27. The van der Waals surface area contributed by atoms with Gasteiger partial charge in [0.25, 0.3) is 0 Å². The van der Waals surface area contributed by atoms with Gasteiger partial charge in [-0.25, -0.2) is 9.78 Å². The van der Waals surface area contributed by atoms with Crippen molar-refractivity contribution < 1.29 is 15.0 Å². The first-order valence-electron chi connectivity index (χ1n) is 11.5. The predicted octanol–water partition coefficient (Wildman–Crippen LogP) is 5.84. The van der Waals surface area contributed by atoms with Gasteiger partial charge in [-0.15, -0.1) is 0 Å². The molecule has 0 amide bonds. The number of aliphatic carboxylic acids is 1. The second-order valence-electron chi connectivity index (χ2n) is 8.57. The molecule has 0 bridgehead atoms. The van der Waals surface area contributed by atoms with Gasteiger partial charge in [0.2, 0.25) is 0 Å². The number of carboxylic acid groups (broad SMARTS) is 1. The van der Waals surface area contributed by atoms with Crippen LogP contribution in [0, 0.1) is 0 Å².